The fourth-order valence-corrected chi connectivity index (χ4v) is 2.43. The normalized spacial score (nSPS) is 20.4. The van der Waals surface area contributed by atoms with E-state index in [1.807, 2.05) is 24.3 Å². The molecule has 0 heterocycles. The lowest BCUT2D eigenvalue weighted by atomic mass is 10.1. The van der Waals surface area contributed by atoms with Crippen LogP contribution in [0.25, 0.3) is 0 Å². The van der Waals surface area contributed by atoms with Gasteiger partial charge in [-0.1, -0.05) is 23.7 Å². The van der Waals surface area contributed by atoms with E-state index in [-0.39, 0.29) is 30.1 Å². The van der Waals surface area contributed by atoms with Crippen molar-refractivity contribution in [3.05, 3.63) is 34.9 Å². The summed E-state index contributed by atoms with van der Waals surface area (Å²) in [6.07, 6.45) is 1.10. The zero-order valence-electron chi connectivity index (χ0n) is 11.6. The molecule has 4 nitrogen and oxygen atoms in total. The van der Waals surface area contributed by atoms with E-state index in [2.05, 4.69) is 4.74 Å². The smallest absolute Gasteiger partial charge is 0.307 e. The van der Waals surface area contributed by atoms with Gasteiger partial charge in [0.25, 0.3) is 0 Å². The van der Waals surface area contributed by atoms with Gasteiger partial charge >= 0.3 is 5.97 Å². The van der Waals surface area contributed by atoms with Crippen molar-refractivity contribution in [2.45, 2.75) is 18.8 Å². The summed E-state index contributed by atoms with van der Waals surface area (Å²) in [5, 5.41) is 0.701. The van der Waals surface area contributed by atoms with Gasteiger partial charge in [-0.25, -0.2) is 0 Å². The Kier molecular flexibility index (Phi) is 4.65. The fourth-order valence-electron chi connectivity index (χ4n) is 2.30. The maximum absolute atomic E-state index is 12.2. The number of rotatable bonds is 5. The van der Waals surface area contributed by atoms with Gasteiger partial charge in [-0.15, -0.1) is 0 Å². The molecule has 0 aliphatic heterocycles. The van der Waals surface area contributed by atoms with Crippen molar-refractivity contribution >= 4 is 23.5 Å². The number of methoxy groups -OCH3 is 1. The molecule has 1 amide bonds. The first-order valence-corrected chi connectivity index (χ1v) is 6.98. The summed E-state index contributed by atoms with van der Waals surface area (Å²) < 4.78 is 4.57. The average molecular weight is 296 g/mol. The van der Waals surface area contributed by atoms with E-state index in [9.17, 15) is 9.59 Å². The standard InChI is InChI=1S/C15H18ClNO3/c1-17(8-7-14(18)20-2)15(19)13-9-12(13)10-3-5-11(16)6-4-10/h3-6,12-13H,7-9H2,1-2H3/t12-,13-/m1/s1. The number of halogens is 1. The van der Waals surface area contributed by atoms with Gasteiger partial charge in [0.15, 0.2) is 0 Å². The molecule has 0 saturated heterocycles. The van der Waals surface area contributed by atoms with Gasteiger partial charge in [0.05, 0.1) is 13.5 Å². The minimum Gasteiger partial charge on any atom is -0.469 e. The van der Waals surface area contributed by atoms with E-state index in [4.69, 9.17) is 11.6 Å². The lowest BCUT2D eigenvalue weighted by molar-refractivity contribution is -0.141. The molecule has 1 aliphatic carbocycles. The number of benzene rings is 1. The van der Waals surface area contributed by atoms with Crippen LogP contribution in [-0.4, -0.2) is 37.5 Å². The molecule has 0 unspecified atom stereocenters. The Bertz CT molecular complexity index is 500. The summed E-state index contributed by atoms with van der Waals surface area (Å²) in [5.41, 5.74) is 1.15. The Morgan fingerprint density at radius 2 is 2.00 bits per heavy atom. The average Bonchev–Trinajstić information content (AvgIpc) is 3.24. The second-order valence-electron chi connectivity index (χ2n) is 5.09. The van der Waals surface area contributed by atoms with Gasteiger partial charge in [0.1, 0.15) is 0 Å². The lowest BCUT2D eigenvalue weighted by Crippen LogP contribution is -2.30. The fraction of sp³-hybridized carbons (Fsp3) is 0.467. The molecule has 0 N–H and O–H groups in total. The predicted octanol–water partition coefficient (Wildman–Crippen LogP) is 2.47. The van der Waals surface area contributed by atoms with Crippen molar-refractivity contribution in [3.63, 3.8) is 0 Å². The molecule has 1 fully saturated rings. The first kappa shape index (κ1) is 14.9. The number of ether oxygens (including phenoxy) is 1. The summed E-state index contributed by atoms with van der Waals surface area (Å²) in [6, 6.07) is 7.62. The highest BCUT2D eigenvalue weighted by Gasteiger charge is 2.45. The van der Waals surface area contributed by atoms with Crippen LogP contribution in [0.2, 0.25) is 5.02 Å². The number of esters is 1. The molecule has 0 aromatic heterocycles. The largest absolute Gasteiger partial charge is 0.469 e. The van der Waals surface area contributed by atoms with Gasteiger partial charge in [-0.2, -0.15) is 0 Å². The van der Waals surface area contributed by atoms with Crippen molar-refractivity contribution in [2.75, 3.05) is 20.7 Å². The zero-order chi connectivity index (χ0) is 14.7. The van der Waals surface area contributed by atoms with Crippen molar-refractivity contribution < 1.29 is 14.3 Å². The number of amides is 1. The molecule has 0 radical (unpaired) electrons. The van der Waals surface area contributed by atoms with E-state index in [0.717, 1.165) is 12.0 Å². The third-order valence-electron chi connectivity index (χ3n) is 3.66. The monoisotopic (exact) mass is 295 g/mol. The molecule has 108 valence electrons. The lowest BCUT2D eigenvalue weighted by Gasteiger charge is -2.16. The van der Waals surface area contributed by atoms with Crippen LogP contribution in [0.15, 0.2) is 24.3 Å². The van der Waals surface area contributed by atoms with E-state index in [1.165, 1.54) is 7.11 Å². The molecule has 20 heavy (non-hydrogen) atoms. The predicted molar refractivity (Wildman–Crippen MR) is 76.6 cm³/mol. The first-order chi connectivity index (χ1) is 9.52. The Morgan fingerprint density at radius 3 is 2.60 bits per heavy atom. The number of carbonyl (C=O) groups excluding carboxylic acids is 2. The van der Waals surface area contributed by atoms with Crippen LogP contribution in [0.5, 0.6) is 0 Å². The van der Waals surface area contributed by atoms with E-state index >= 15 is 0 Å². The van der Waals surface area contributed by atoms with Crippen LogP contribution >= 0.6 is 11.6 Å². The minimum absolute atomic E-state index is 0.0267. The summed E-state index contributed by atoms with van der Waals surface area (Å²) in [4.78, 5) is 24.9. The number of nitrogens with zero attached hydrogens (tertiary/aromatic N) is 1. The highest BCUT2D eigenvalue weighted by atomic mass is 35.5. The summed E-state index contributed by atoms with van der Waals surface area (Å²) in [6.45, 7) is 0.398. The summed E-state index contributed by atoms with van der Waals surface area (Å²) in [5.74, 6) is 0.0997. The number of carbonyl (C=O) groups is 2. The van der Waals surface area contributed by atoms with Crippen LogP contribution in [0.4, 0.5) is 0 Å². The molecule has 2 rings (SSSR count). The van der Waals surface area contributed by atoms with Gasteiger partial charge in [-0.3, -0.25) is 9.59 Å². The highest BCUT2D eigenvalue weighted by Crippen LogP contribution is 2.48. The summed E-state index contributed by atoms with van der Waals surface area (Å²) in [7, 11) is 3.07. The Morgan fingerprint density at radius 1 is 1.35 bits per heavy atom. The highest BCUT2D eigenvalue weighted by molar-refractivity contribution is 6.30. The molecule has 1 aromatic carbocycles. The molecule has 0 bridgehead atoms. The van der Waals surface area contributed by atoms with Crippen molar-refractivity contribution in [2.24, 2.45) is 5.92 Å². The van der Waals surface area contributed by atoms with Crippen LogP contribution in [0.3, 0.4) is 0 Å². The quantitative estimate of drug-likeness (QED) is 0.784. The van der Waals surface area contributed by atoms with Crippen LogP contribution in [0, 0.1) is 5.92 Å². The third-order valence-corrected chi connectivity index (χ3v) is 3.91. The van der Waals surface area contributed by atoms with Crippen molar-refractivity contribution in [1.29, 1.82) is 0 Å². The Labute approximate surface area is 123 Å². The second kappa shape index (κ2) is 6.27. The second-order valence-corrected chi connectivity index (χ2v) is 5.52. The van der Waals surface area contributed by atoms with Crippen molar-refractivity contribution in [3.8, 4) is 0 Å². The van der Waals surface area contributed by atoms with E-state index in [1.54, 1.807) is 11.9 Å². The Hall–Kier alpha value is -1.55. The van der Waals surface area contributed by atoms with Crippen LogP contribution in [0.1, 0.15) is 24.3 Å². The number of hydrogen-bond donors (Lipinski definition) is 0. The zero-order valence-corrected chi connectivity index (χ0v) is 12.4. The summed E-state index contributed by atoms with van der Waals surface area (Å²) >= 11 is 5.85. The van der Waals surface area contributed by atoms with Gasteiger partial charge in [0, 0.05) is 24.5 Å². The molecular weight excluding hydrogens is 278 g/mol. The third kappa shape index (κ3) is 3.51. The van der Waals surface area contributed by atoms with Crippen molar-refractivity contribution in [1.82, 2.24) is 4.90 Å². The molecule has 5 heteroatoms. The van der Waals surface area contributed by atoms with Gasteiger partial charge < -0.3 is 9.64 Å². The molecule has 1 saturated carbocycles. The van der Waals surface area contributed by atoms with Gasteiger partial charge in [-0.05, 0) is 30.0 Å². The first-order valence-electron chi connectivity index (χ1n) is 6.60. The molecular formula is C15H18ClNO3. The Balaban J connectivity index is 1.86. The van der Waals surface area contributed by atoms with Crippen LogP contribution < -0.4 is 0 Å². The van der Waals surface area contributed by atoms with Crippen LogP contribution in [-0.2, 0) is 14.3 Å². The van der Waals surface area contributed by atoms with E-state index < -0.39 is 0 Å². The maximum atomic E-state index is 12.2. The topological polar surface area (TPSA) is 46.6 Å². The minimum atomic E-state index is -0.297. The maximum Gasteiger partial charge on any atom is 0.307 e. The van der Waals surface area contributed by atoms with Gasteiger partial charge in [0.2, 0.25) is 5.91 Å². The molecule has 1 aliphatic rings. The molecule has 1 aromatic rings. The van der Waals surface area contributed by atoms with E-state index in [0.29, 0.717) is 11.6 Å². The molecule has 2 atom stereocenters. The number of hydrogen-bond acceptors (Lipinski definition) is 3. The molecule has 0 spiro atoms. The SMILES string of the molecule is COC(=O)CCN(C)C(=O)[C@@H]1C[C@@H]1c1ccc(Cl)cc1.